The number of carbonyl (C=O) groups is 1. The standard InChI is InChI=1S/C31H51N3O2/c1-23(2)25-11-9-10-12-26(25)27-21-32(22-29(3,4)5)17-18-34(27)24-19-31(20-24)13-15-33(16-14-31)28(35)36-30(6,7)8/h9-12,23-24,27H,13-22H2,1-8H3. The van der Waals surface area contributed by atoms with E-state index in [0.717, 1.165) is 52.1 Å². The number of piperazine rings is 1. The summed E-state index contributed by atoms with van der Waals surface area (Å²) in [5.41, 5.74) is 3.34. The third-order valence-electron chi connectivity index (χ3n) is 8.46. The normalized spacial score (nSPS) is 24.2. The first-order valence-corrected chi connectivity index (χ1v) is 14.3. The van der Waals surface area contributed by atoms with Gasteiger partial charge in [0.15, 0.2) is 0 Å². The number of nitrogens with zero attached hydrogens (tertiary/aromatic N) is 3. The number of rotatable bonds is 4. The fourth-order valence-corrected chi connectivity index (χ4v) is 6.79. The van der Waals surface area contributed by atoms with Gasteiger partial charge in [0.05, 0.1) is 0 Å². The molecule has 3 fully saturated rings. The van der Waals surface area contributed by atoms with Crippen molar-refractivity contribution in [2.75, 3.05) is 39.3 Å². The minimum Gasteiger partial charge on any atom is -0.444 e. The summed E-state index contributed by atoms with van der Waals surface area (Å²) < 4.78 is 5.63. The summed E-state index contributed by atoms with van der Waals surface area (Å²) in [5, 5.41) is 0. The first-order valence-electron chi connectivity index (χ1n) is 14.3. The lowest BCUT2D eigenvalue weighted by atomic mass is 9.59. The van der Waals surface area contributed by atoms with Crippen LogP contribution in [0.1, 0.15) is 104 Å². The van der Waals surface area contributed by atoms with E-state index in [2.05, 4.69) is 68.7 Å². The molecule has 1 aromatic rings. The average Bonchev–Trinajstić information content (AvgIpc) is 2.75. The smallest absolute Gasteiger partial charge is 0.410 e. The Hall–Kier alpha value is -1.59. The Morgan fingerprint density at radius 2 is 1.64 bits per heavy atom. The van der Waals surface area contributed by atoms with Gasteiger partial charge in [-0.3, -0.25) is 9.80 Å². The van der Waals surface area contributed by atoms with Gasteiger partial charge < -0.3 is 9.64 Å². The second-order valence-electron chi connectivity index (χ2n) is 14.4. The van der Waals surface area contributed by atoms with Gasteiger partial charge >= 0.3 is 6.09 Å². The molecule has 0 aromatic heterocycles. The van der Waals surface area contributed by atoms with Crippen molar-refractivity contribution in [1.29, 1.82) is 0 Å². The van der Waals surface area contributed by atoms with Crippen LogP contribution < -0.4 is 0 Å². The molecule has 1 atom stereocenters. The fourth-order valence-electron chi connectivity index (χ4n) is 6.79. The van der Waals surface area contributed by atoms with Crippen LogP contribution in [0.25, 0.3) is 0 Å². The van der Waals surface area contributed by atoms with Gasteiger partial charge in [0, 0.05) is 51.4 Å². The van der Waals surface area contributed by atoms with Crippen LogP contribution in [0, 0.1) is 10.8 Å². The molecule has 5 heteroatoms. The molecule has 1 saturated carbocycles. The number of ether oxygens (including phenoxy) is 1. The molecular formula is C31H51N3O2. The first-order chi connectivity index (χ1) is 16.8. The lowest BCUT2D eigenvalue weighted by Gasteiger charge is -2.58. The lowest BCUT2D eigenvalue weighted by molar-refractivity contribution is -0.0796. The number of hydrogen-bond donors (Lipinski definition) is 0. The summed E-state index contributed by atoms with van der Waals surface area (Å²) in [6.07, 6.45) is 4.62. The van der Waals surface area contributed by atoms with Gasteiger partial charge in [-0.1, -0.05) is 58.9 Å². The van der Waals surface area contributed by atoms with E-state index in [-0.39, 0.29) is 6.09 Å². The van der Waals surface area contributed by atoms with Gasteiger partial charge in [-0.05, 0) is 74.3 Å². The van der Waals surface area contributed by atoms with Gasteiger partial charge in [-0.25, -0.2) is 4.79 Å². The molecule has 3 aliphatic rings. The van der Waals surface area contributed by atoms with Crippen LogP contribution in [0.15, 0.2) is 24.3 Å². The molecule has 5 nitrogen and oxygen atoms in total. The minimum absolute atomic E-state index is 0.145. The van der Waals surface area contributed by atoms with Crippen molar-refractivity contribution in [2.45, 2.75) is 105 Å². The highest BCUT2D eigenvalue weighted by atomic mass is 16.6. The molecular weight excluding hydrogens is 446 g/mol. The fraction of sp³-hybridized carbons (Fsp3) is 0.774. The molecule has 2 saturated heterocycles. The topological polar surface area (TPSA) is 36.0 Å². The monoisotopic (exact) mass is 497 g/mol. The highest BCUT2D eigenvalue weighted by Crippen LogP contribution is 2.53. The zero-order valence-corrected chi connectivity index (χ0v) is 24.3. The molecule has 1 spiro atoms. The van der Waals surface area contributed by atoms with Crippen LogP contribution in [0.2, 0.25) is 0 Å². The number of carbonyl (C=O) groups excluding carboxylic acids is 1. The Labute approximate surface area is 220 Å². The van der Waals surface area contributed by atoms with E-state index in [1.165, 1.54) is 24.0 Å². The molecule has 36 heavy (non-hydrogen) atoms. The van der Waals surface area contributed by atoms with Crippen LogP contribution >= 0.6 is 0 Å². The van der Waals surface area contributed by atoms with E-state index >= 15 is 0 Å². The number of hydrogen-bond acceptors (Lipinski definition) is 4. The van der Waals surface area contributed by atoms with Crippen LogP contribution in [-0.4, -0.2) is 71.7 Å². The highest BCUT2D eigenvalue weighted by Gasteiger charge is 2.50. The summed E-state index contributed by atoms with van der Waals surface area (Å²) in [4.78, 5) is 20.0. The maximum Gasteiger partial charge on any atom is 0.410 e. The van der Waals surface area contributed by atoms with Crippen LogP contribution in [0.4, 0.5) is 4.79 Å². The SMILES string of the molecule is CC(C)c1ccccc1C1CN(CC(C)(C)C)CCN1C1CC2(CCN(C(=O)OC(C)(C)C)CC2)C1. The molecule has 1 amide bonds. The molecule has 0 bridgehead atoms. The van der Waals surface area contributed by atoms with E-state index in [0.29, 0.717) is 28.8 Å². The number of piperidine rings is 1. The van der Waals surface area contributed by atoms with Gasteiger partial charge in [-0.15, -0.1) is 0 Å². The second kappa shape index (κ2) is 10.3. The zero-order chi connectivity index (χ0) is 26.3. The van der Waals surface area contributed by atoms with Gasteiger partial charge in [0.25, 0.3) is 0 Å². The molecule has 0 N–H and O–H groups in total. The molecule has 1 aliphatic carbocycles. The van der Waals surface area contributed by atoms with Crippen molar-refractivity contribution >= 4 is 6.09 Å². The van der Waals surface area contributed by atoms with Crippen molar-refractivity contribution in [3.8, 4) is 0 Å². The van der Waals surface area contributed by atoms with Crippen molar-refractivity contribution in [1.82, 2.24) is 14.7 Å². The Morgan fingerprint density at radius 1 is 1.00 bits per heavy atom. The summed E-state index contributed by atoms with van der Waals surface area (Å²) in [7, 11) is 0. The van der Waals surface area contributed by atoms with Crippen molar-refractivity contribution < 1.29 is 9.53 Å². The van der Waals surface area contributed by atoms with E-state index in [4.69, 9.17) is 4.74 Å². The van der Waals surface area contributed by atoms with E-state index in [1.807, 2.05) is 25.7 Å². The zero-order valence-electron chi connectivity index (χ0n) is 24.3. The van der Waals surface area contributed by atoms with Crippen molar-refractivity contribution in [3.05, 3.63) is 35.4 Å². The second-order valence-corrected chi connectivity index (χ2v) is 14.4. The predicted molar refractivity (Wildman–Crippen MR) is 148 cm³/mol. The third kappa shape index (κ3) is 6.45. The van der Waals surface area contributed by atoms with Gasteiger partial charge in [0.2, 0.25) is 0 Å². The van der Waals surface area contributed by atoms with Crippen LogP contribution in [-0.2, 0) is 4.74 Å². The quantitative estimate of drug-likeness (QED) is 0.464. The Balaban J connectivity index is 1.44. The molecule has 1 unspecified atom stereocenters. The summed E-state index contributed by atoms with van der Waals surface area (Å²) in [6, 6.07) is 10.3. The molecule has 2 heterocycles. The van der Waals surface area contributed by atoms with E-state index < -0.39 is 5.60 Å². The van der Waals surface area contributed by atoms with Gasteiger partial charge in [0.1, 0.15) is 5.60 Å². The third-order valence-corrected chi connectivity index (χ3v) is 8.46. The van der Waals surface area contributed by atoms with Crippen molar-refractivity contribution in [2.24, 2.45) is 10.8 Å². The molecule has 1 aromatic carbocycles. The summed E-state index contributed by atoms with van der Waals surface area (Å²) in [5.74, 6) is 0.533. The average molecular weight is 498 g/mol. The minimum atomic E-state index is -0.426. The Morgan fingerprint density at radius 3 is 2.22 bits per heavy atom. The Kier molecular flexibility index (Phi) is 7.84. The van der Waals surface area contributed by atoms with E-state index in [1.54, 1.807) is 0 Å². The molecule has 4 rings (SSSR count). The number of benzene rings is 1. The number of amides is 1. The van der Waals surface area contributed by atoms with E-state index in [9.17, 15) is 4.79 Å². The van der Waals surface area contributed by atoms with Crippen LogP contribution in [0.5, 0.6) is 0 Å². The highest BCUT2D eigenvalue weighted by molar-refractivity contribution is 5.68. The predicted octanol–water partition coefficient (Wildman–Crippen LogP) is 6.69. The largest absolute Gasteiger partial charge is 0.444 e. The summed E-state index contributed by atoms with van der Waals surface area (Å²) >= 11 is 0. The van der Waals surface area contributed by atoms with Crippen LogP contribution in [0.3, 0.4) is 0 Å². The molecule has 0 radical (unpaired) electrons. The number of likely N-dealkylation sites (tertiary alicyclic amines) is 1. The first kappa shape index (κ1) is 27.4. The molecule has 2 aliphatic heterocycles. The molecule has 202 valence electrons. The maximum atomic E-state index is 12.6. The van der Waals surface area contributed by atoms with Gasteiger partial charge in [-0.2, -0.15) is 0 Å². The maximum absolute atomic E-state index is 12.6. The van der Waals surface area contributed by atoms with Crippen molar-refractivity contribution in [3.63, 3.8) is 0 Å². The Bertz CT molecular complexity index is 897. The lowest BCUT2D eigenvalue weighted by Crippen LogP contribution is -2.60. The summed E-state index contributed by atoms with van der Waals surface area (Å²) in [6.45, 7) is 23.8.